The zero-order valence-corrected chi connectivity index (χ0v) is 17.1. The molecule has 0 amide bonds. The molecule has 1 aromatic carbocycles. The second kappa shape index (κ2) is 7.40. The molecule has 0 radical (unpaired) electrons. The summed E-state index contributed by atoms with van der Waals surface area (Å²) < 4.78 is 22.3. The Balaban J connectivity index is 1.81. The Morgan fingerprint density at radius 3 is 2.53 bits per heavy atom. The number of hydrogen-bond acceptors (Lipinski definition) is 7. The number of carbonyl (C=O) groups excluding carboxylic acids is 3. The van der Waals surface area contributed by atoms with Gasteiger partial charge in [-0.2, -0.15) is 0 Å². The Labute approximate surface area is 174 Å². The molecule has 158 valence electrons. The number of ether oxygens (including phenoxy) is 4. The van der Waals surface area contributed by atoms with Gasteiger partial charge in [0, 0.05) is 18.9 Å². The molecule has 1 heterocycles. The first-order chi connectivity index (χ1) is 14.3. The Kier molecular flexibility index (Phi) is 5.02. The standard InChI is InChI=1S/C23H24O7/c1-12-11-23-16(18(12)24)10-15(21(26)27-3)17(23)22(28-4)29-13(2)19(23)30-20(25)14-8-6-5-7-9-14/h5-9,11,15-17,19,22H,2,10H2,1,3-4H3/t15-,16-,17-,19-,22+,23-/m1/s1. The van der Waals surface area contributed by atoms with E-state index in [9.17, 15) is 14.4 Å². The summed E-state index contributed by atoms with van der Waals surface area (Å²) in [6.07, 6.45) is 0.312. The van der Waals surface area contributed by atoms with Gasteiger partial charge in [0.25, 0.3) is 0 Å². The minimum Gasteiger partial charge on any atom is -0.469 e. The van der Waals surface area contributed by atoms with E-state index >= 15 is 0 Å². The van der Waals surface area contributed by atoms with Crippen molar-refractivity contribution in [3.63, 3.8) is 0 Å². The number of ketones is 1. The van der Waals surface area contributed by atoms with Crippen LogP contribution in [0.2, 0.25) is 0 Å². The number of methoxy groups -OCH3 is 2. The van der Waals surface area contributed by atoms with Gasteiger partial charge in [0.1, 0.15) is 5.76 Å². The predicted octanol–water partition coefficient (Wildman–Crippen LogP) is 2.67. The SMILES string of the molecule is C=C1O[C@H](OC)[C@H]2[C@H](C(=O)OC)C[C@@H]3C(=O)C(C)=C[C@]23[C@@H]1OC(=O)c1ccccc1. The molecule has 0 N–H and O–H groups in total. The molecular weight excluding hydrogens is 388 g/mol. The summed E-state index contributed by atoms with van der Waals surface area (Å²) in [5.41, 5.74) is -0.0460. The molecular formula is C23H24O7. The number of rotatable bonds is 4. The van der Waals surface area contributed by atoms with Crippen molar-refractivity contribution in [2.75, 3.05) is 14.2 Å². The normalized spacial score (nSPS) is 34.5. The van der Waals surface area contributed by atoms with Crippen molar-refractivity contribution < 1.29 is 33.3 Å². The number of Topliss-reactive ketones (excluding diaryl/α,β-unsaturated/α-hetero) is 1. The van der Waals surface area contributed by atoms with Gasteiger partial charge >= 0.3 is 11.9 Å². The van der Waals surface area contributed by atoms with Crippen molar-refractivity contribution in [2.45, 2.75) is 25.7 Å². The van der Waals surface area contributed by atoms with Gasteiger partial charge in [0.2, 0.25) is 6.29 Å². The molecule has 0 unspecified atom stereocenters. The first kappa shape index (κ1) is 20.3. The smallest absolute Gasteiger partial charge is 0.338 e. The molecule has 2 fully saturated rings. The van der Waals surface area contributed by atoms with E-state index in [2.05, 4.69) is 6.58 Å². The topological polar surface area (TPSA) is 88.1 Å². The molecule has 2 aliphatic carbocycles. The molecule has 0 bridgehead atoms. The van der Waals surface area contributed by atoms with Crippen LogP contribution < -0.4 is 0 Å². The van der Waals surface area contributed by atoms with Crippen molar-refractivity contribution in [3.8, 4) is 0 Å². The lowest BCUT2D eigenvalue weighted by molar-refractivity contribution is -0.219. The van der Waals surface area contributed by atoms with Crippen molar-refractivity contribution in [1.29, 1.82) is 0 Å². The third kappa shape index (κ3) is 2.80. The molecule has 7 nitrogen and oxygen atoms in total. The van der Waals surface area contributed by atoms with E-state index in [0.29, 0.717) is 11.1 Å². The maximum atomic E-state index is 13.0. The zero-order valence-electron chi connectivity index (χ0n) is 17.1. The average molecular weight is 412 g/mol. The summed E-state index contributed by atoms with van der Waals surface area (Å²) in [7, 11) is 2.78. The fourth-order valence-electron chi connectivity index (χ4n) is 5.37. The summed E-state index contributed by atoms with van der Waals surface area (Å²) in [5.74, 6) is -2.64. The number of carbonyl (C=O) groups is 3. The van der Waals surface area contributed by atoms with Crippen LogP contribution in [-0.2, 0) is 28.5 Å². The summed E-state index contributed by atoms with van der Waals surface area (Å²) in [5, 5.41) is 0. The van der Waals surface area contributed by atoms with E-state index < -0.39 is 47.5 Å². The van der Waals surface area contributed by atoms with E-state index in [0.717, 1.165) is 0 Å². The van der Waals surface area contributed by atoms with Crippen LogP contribution in [0.25, 0.3) is 0 Å². The maximum absolute atomic E-state index is 13.0. The van der Waals surface area contributed by atoms with Gasteiger partial charge in [0.05, 0.1) is 24.0 Å². The quantitative estimate of drug-likeness (QED) is 0.703. The highest BCUT2D eigenvalue weighted by Gasteiger charge is 2.71. The lowest BCUT2D eigenvalue weighted by atomic mass is 9.66. The third-order valence-electron chi connectivity index (χ3n) is 6.55. The second-order valence-electron chi connectivity index (χ2n) is 7.97. The van der Waals surface area contributed by atoms with Crippen LogP contribution in [0.15, 0.2) is 54.3 Å². The van der Waals surface area contributed by atoms with Gasteiger partial charge in [-0.05, 0) is 31.1 Å². The molecule has 4 rings (SSSR count). The molecule has 1 spiro atoms. The number of hydrogen-bond donors (Lipinski definition) is 0. The highest BCUT2D eigenvalue weighted by molar-refractivity contribution is 6.01. The first-order valence-electron chi connectivity index (χ1n) is 9.81. The van der Waals surface area contributed by atoms with E-state index in [1.165, 1.54) is 14.2 Å². The van der Waals surface area contributed by atoms with Crippen molar-refractivity contribution >= 4 is 17.7 Å². The van der Waals surface area contributed by atoms with Crippen molar-refractivity contribution in [3.05, 3.63) is 59.9 Å². The summed E-state index contributed by atoms with van der Waals surface area (Å²) >= 11 is 0. The van der Waals surface area contributed by atoms with Gasteiger partial charge in [-0.25, -0.2) is 4.79 Å². The van der Waals surface area contributed by atoms with Gasteiger partial charge in [-0.3, -0.25) is 9.59 Å². The molecule has 1 aliphatic heterocycles. The predicted molar refractivity (Wildman–Crippen MR) is 105 cm³/mol. The van der Waals surface area contributed by atoms with Gasteiger partial charge in [0.15, 0.2) is 11.9 Å². The molecule has 30 heavy (non-hydrogen) atoms. The lowest BCUT2D eigenvalue weighted by Crippen LogP contribution is -2.55. The number of esters is 2. The Morgan fingerprint density at radius 1 is 1.20 bits per heavy atom. The highest BCUT2D eigenvalue weighted by atomic mass is 16.7. The zero-order chi connectivity index (χ0) is 21.6. The molecule has 1 aromatic rings. The van der Waals surface area contributed by atoms with Crippen LogP contribution in [0.5, 0.6) is 0 Å². The van der Waals surface area contributed by atoms with Gasteiger partial charge in [-0.1, -0.05) is 30.9 Å². The van der Waals surface area contributed by atoms with Gasteiger partial charge in [-0.15, -0.1) is 0 Å². The Bertz CT molecular complexity index is 934. The van der Waals surface area contributed by atoms with Crippen LogP contribution >= 0.6 is 0 Å². The van der Waals surface area contributed by atoms with Crippen LogP contribution in [-0.4, -0.2) is 44.3 Å². The Morgan fingerprint density at radius 2 is 1.90 bits per heavy atom. The monoisotopic (exact) mass is 412 g/mol. The summed E-state index contributed by atoms with van der Waals surface area (Å²) in [6.45, 7) is 5.69. The van der Waals surface area contributed by atoms with Crippen molar-refractivity contribution in [1.82, 2.24) is 0 Å². The Hall–Kier alpha value is -2.93. The molecule has 1 saturated carbocycles. The second-order valence-corrected chi connectivity index (χ2v) is 7.97. The third-order valence-corrected chi connectivity index (χ3v) is 6.55. The van der Waals surface area contributed by atoms with Crippen molar-refractivity contribution in [2.24, 2.45) is 23.2 Å². The molecule has 7 heteroatoms. The largest absolute Gasteiger partial charge is 0.469 e. The fraction of sp³-hybridized carbons (Fsp3) is 0.435. The minimum absolute atomic E-state index is 0.0725. The summed E-state index contributed by atoms with van der Waals surface area (Å²) in [6, 6.07) is 8.56. The van der Waals surface area contributed by atoms with Crippen LogP contribution in [0.3, 0.4) is 0 Å². The van der Waals surface area contributed by atoms with Crippen LogP contribution in [0.1, 0.15) is 23.7 Å². The van der Waals surface area contributed by atoms with Crippen LogP contribution in [0.4, 0.5) is 0 Å². The average Bonchev–Trinajstić information content (AvgIpc) is 3.21. The van der Waals surface area contributed by atoms with Gasteiger partial charge < -0.3 is 18.9 Å². The molecule has 3 aliphatic rings. The molecule has 6 atom stereocenters. The fourth-order valence-corrected chi connectivity index (χ4v) is 5.37. The molecule has 0 aromatic heterocycles. The first-order valence-corrected chi connectivity index (χ1v) is 9.81. The molecule has 1 saturated heterocycles. The highest BCUT2D eigenvalue weighted by Crippen LogP contribution is 2.64. The maximum Gasteiger partial charge on any atom is 0.338 e. The van der Waals surface area contributed by atoms with E-state index in [1.807, 2.05) is 6.08 Å². The number of allylic oxidation sites excluding steroid dienone is 1. The summed E-state index contributed by atoms with van der Waals surface area (Å²) in [4.78, 5) is 38.5. The van der Waals surface area contributed by atoms with E-state index in [1.54, 1.807) is 37.3 Å². The number of benzene rings is 1. The van der Waals surface area contributed by atoms with E-state index in [4.69, 9.17) is 18.9 Å². The minimum atomic E-state index is -0.986. The van der Waals surface area contributed by atoms with Crippen LogP contribution in [0, 0.1) is 23.2 Å². The van der Waals surface area contributed by atoms with E-state index in [-0.39, 0.29) is 18.0 Å². The lowest BCUT2D eigenvalue weighted by Gasteiger charge is -2.48.